The zero-order valence-electron chi connectivity index (χ0n) is 29.1. The highest BCUT2D eigenvalue weighted by molar-refractivity contribution is 9.10. The van der Waals surface area contributed by atoms with Gasteiger partial charge in [-0.25, -0.2) is 0 Å². The van der Waals surface area contributed by atoms with E-state index >= 15 is 0 Å². The highest BCUT2D eigenvalue weighted by Gasteiger charge is 2.79. The van der Waals surface area contributed by atoms with Gasteiger partial charge in [0.05, 0.1) is 17.1 Å². The van der Waals surface area contributed by atoms with Crippen LogP contribution >= 0.6 is 15.9 Å². The second-order valence-corrected chi connectivity index (χ2v) is 20.9. The van der Waals surface area contributed by atoms with Crippen LogP contribution in [0.25, 0.3) is 11.0 Å². The van der Waals surface area contributed by atoms with Crippen molar-refractivity contribution in [2.45, 2.75) is 144 Å². The summed E-state index contributed by atoms with van der Waals surface area (Å²) in [6.07, 6.45) is 24.2. The Bertz CT molecular complexity index is 1610. The number of aliphatic hydroxyl groups excluding tert-OH is 1. The fourth-order valence-corrected chi connectivity index (χ4v) is 15.4. The van der Waals surface area contributed by atoms with Gasteiger partial charge in [0.25, 0.3) is 0 Å². The number of fused-ring (bicyclic) bond motifs is 8. The van der Waals surface area contributed by atoms with Crippen molar-refractivity contribution in [1.29, 1.82) is 0 Å². The van der Waals surface area contributed by atoms with Gasteiger partial charge in [0.15, 0.2) is 0 Å². The van der Waals surface area contributed by atoms with Crippen molar-refractivity contribution >= 4 is 27.0 Å². The molecule has 45 heavy (non-hydrogen) atoms. The molecule has 0 saturated heterocycles. The van der Waals surface area contributed by atoms with Crippen LogP contribution < -0.4 is 0 Å². The topological polar surface area (TPSA) is 38.0 Å². The fourth-order valence-electron chi connectivity index (χ4n) is 15.1. The van der Waals surface area contributed by atoms with Gasteiger partial charge < -0.3 is 9.67 Å². The first kappa shape index (κ1) is 30.0. The normalized spacial score (nSPS) is 50.6. The van der Waals surface area contributed by atoms with E-state index in [9.17, 15) is 5.11 Å². The molecule has 1 N–H and O–H groups in total. The molecule has 0 radical (unpaired) electrons. The Morgan fingerprint density at radius 2 is 1.62 bits per heavy atom. The summed E-state index contributed by atoms with van der Waals surface area (Å²) in [5.74, 6) is 2.09. The first-order chi connectivity index (χ1) is 21.1. The van der Waals surface area contributed by atoms with Gasteiger partial charge in [0.2, 0.25) is 0 Å². The lowest BCUT2D eigenvalue weighted by molar-refractivity contribution is -0.296. The number of allylic oxidation sites excluding steroid dienone is 2. The Morgan fingerprint density at radius 1 is 0.889 bits per heavy atom. The number of hydrogen-bond acceptors (Lipinski definition) is 2. The van der Waals surface area contributed by atoms with Crippen LogP contribution in [0.2, 0.25) is 0 Å². The van der Waals surface area contributed by atoms with E-state index in [0.29, 0.717) is 43.9 Å². The van der Waals surface area contributed by atoms with E-state index in [0.717, 1.165) is 28.2 Å². The van der Waals surface area contributed by atoms with Gasteiger partial charge in [0.1, 0.15) is 0 Å². The van der Waals surface area contributed by atoms with Gasteiger partial charge >= 0.3 is 0 Å². The van der Waals surface area contributed by atoms with Crippen molar-refractivity contribution in [3.05, 3.63) is 40.6 Å². The van der Waals surface area contributed by atoms with Gasteiger partial charge in [-0.2, -0.15) is 0 Å². The van der Waals surface area contributed by atoms with Gasteiger partial charge in [0, 0.05) is 22.4 Å². The molecular weight excluding hydrogens is 616 g/mol. The zero-order chi connectivity index (χ0) is 31.6. The van der Waals surface area contributed by atoms with Gasteiger partial charge in [-0.05, 0) is 167 Å². The van der Waals surface area contributed by atoms with Crippen molar-refractivity contribution in [2.75, 3.05) is 0 Å². The molecule has 4 heteroatoms. The van der Waals surface area contributed by atoms with Gasteiger partial charge in [-0.15, -0.1) is 0 Å². The maximum atomic E-state index is 11.1. The van der Waals surface area contributed by atoms with E-state index in [1.807, 2.05) is 11.8 Å². The third-order valence-electron chi connectivity index (χ3n) is 17.7. The molecule has 8 aliphatic carbocycles. The van der Waals surface area contributed by atoms with Crippen LogP contribution in [0.5, 0.6) is 0 Å². The summed E-state index contributed by atoms with van der Waals surface area (Å²) < 4.78 is 3.71. The van der Waals surface area contributed by atoms with E-state index in [-0.39, 0.29) is 11.5 Å². The molecule has 2 bridgehead atoms. The molecule has 0 amide bonds. The number of aromatic nitrogens is 2. The summed E-state index contributed by atoms with van der Waals surface area (Å²) in [5.41, 5.74) is 7.05. The summed E-state index contributed by atoms with van der Waals surface area (Å²) in [7, 11) is 0. The zero-order valence-corrected chi connectivity index (χ0v) is 30.7. The molecule has 0 unspecified atom stereocenters. The standard InChI is InChI=1S/C41H57BrN2O/c1-34(2)15-17-41(39-23-40(24-39,25-39)44-19-12-29-30(44)20-26(42)22-43-29)18-16-37(6)27(28(41)21-34)8-9-32-36(5)13-11-33(45)35(3,4)31(36)10-14-38(32,37)7/h8,12,19-20,22,28,31-33,45H,9-11,13-18,21,23-25H2,1-7H3/t28-,31-,32+,33-,36-,37+,38+,39?,40?,41-/m0/s1. The highest BCUT2D eigenvalue weighted by atomic mass is 79.9. The minimum Gasteiger partial charge on any atom is -0.393 e. The number of rotatable bonds is 2. The van der Waals surface area contributed by atoms with Crippen LogP contribution in [-0.2, 0) is 5.54 Å². The molecule has 0 spiro atoms. The molecule has 10 rings (SSSR count). The van der Waals surface area contributed by atoms with E-state index in [1.54, 1.807) is 0 Å². The highest BCUT2D eigenvalue weighted by Crippen LogP contribution is 2.86. The molecule has 8 atom stereocenters. The van der Waals surface area contributed by atoms with E-state index in [2.05, 4.69) is 93.4 Å². The second kappa shape index (κ2) is 8.71. The van der Waals surface area contributed by atoms with Crippen molar-refractivity contribution < 1.29 is 5.11 Å². The Morgan fingerprint density at radius 3 is 2.38 bits per heavy atom. The molecular formula is C41H57BrN2O. The van der Waals surface area contributed by atoms with Crippen LogP contribution in [0.4, 0.5) is 0 Å². The Labute approximate surface area is 280 Å². The van der Waals surface area contributed by atoms with E-state index < -0.39 is 0 Å². The molecule has 0 aliphatic heterocycles. The smallest absolute Gasteiger partial charge is 0.0881 e. The predicted octanol–water partition coefficient (Wildman–Crippen LogP) is 10.8. The van der Waals surface area contributed by atoms with Crippen LogP contribution in [0.3, 0.4) is 0 Å². The Balaban J connectivity index is 1.09. The largest absolute Gasteiger partial charge is 0.393 e. The summed E-state index contributed by atoms with van der Waals surface area (Å²) >= 11 is 3.70. The summed E-state index contributed by atoms with van der Waals surface area (Å²) in [4.78, 5) is 4.72. The molecule has 0 aromatic carbocycles. The molecule has 244 valence electrons. The minimum absolute atomic E-state index is 0.0195. The fraction of sp³-hybridized carbons (Fsp3) is 0.780. The summed E-state index contributed by atoms with van der Waals surface area (Å²) in [6, 6.07) is 4.53. The molecule has 2 aromatic heterocycles. The van der Waals surface area contributed by atoms with Crippen LogP contribution in [-0.4, -0.2) is 20.8 Å². The quantitative estimate of drug-likeness (QED) is 0.322. The first-order valence-electron chi connectivity index (χ1n) is 18.6. The van der Waals surface area contributed by atoms with Crippen LogP contribution in [0.15, 0.2) is 40.6 Å². The van der Waals surface area contributed by atoms with Crippen molar-refractivity contribution in [3.8, 4) is 0 Å². The maximum Gasteiger partial charge on any atom is 0.0881 e. The third kappa shape index (κ3) is 3.41. The molecule has 2 aromatic rings. The van der Waals surface area contributed by atoms with Crippen molar-refractivity contribution in [2.24, 2.45) is 55.7 Å². The second-order valence-electron chi connectivity index (χ2n) is 20.0. The summed E-state index contributed by atoms with van der Waals surface area (Å²) in [6.45, 7) is 18.1. The molecule has 7 fully saturated rings. The molecule has 2 heterocycles. The minimum atomic E-state index is -0.149. The number of halogens is 1. The van der Waals surface area contributed by atoms with Crippen LogP contribution in [0, 0.1) is 55.7 Å². The SMILES string of the molecule is CC1(C)CC[C@]2(C34CC(n5ccc6ncc(Br)cc65)(C3)C4)CC[C@]3(C)C(=CC[C@@H]4[C@@]5(C)CC[C@H](O)C(C)(C)[C@@H]5CC[C@]43C)[C@@H]2C1. The number of nitrogens with zero attached hydrogens (tertiary/aromatic N) is 2. The average molecular weight is 674 g/mol. The van der Waals surface area contributed by atoms with Crippen molar-refractivity contribution in [3.63, 3.8) is 0 Å². The average Bonchev–Trinajstić information content (AvgIpc) is 3.33. The molecule has 3 nitrogen and oxygen atoms in total. The maximum absolute atomic E-state index is 11.1. The molecule has 8 aliphatic rings. The van der Waals surface area contributed by atoms with Crippen LogP contribution in [0.1, 0.15) is 132 Å². The lowest BCUT2D eigenvalue weighted by atomic mass is 9.24. The van der Waals surface area contributed by atoms with E-state index in [4.69, 9.17) is 4.98 Å². The first-order valence-corrected chi connectivity index (χ1v) is 19.4. The summed E-state index contributed by atoms with van der Waals surface area (Å²) in [5, 5.41) is 11.1. The number of pyridine rings is 1. The Kier molecular flexibility index (Phi) is 5.80. The lowest BCUT2D eigenvalue weighted by Crippen LogP contribution is -2.76. The Hall–Kier alpha value is -1.13. The van der Waals surface area contributed by atoms with Gasteiger partial charge in [-0.3, -0.25) is 4.98 Å². The van der Waals surface area contributed by atoms with Crippen molar-refractivity contribution in [1.82, 2.24) is 9.55 Å². The lowest BCUT2D eigenvalue weighted by Gasteiger charge is -2.82. The molecule has 7 saturated carbocycles. The van der Waals surface area contributed by atoms with Gasteiger partial charge in [-0.1, -0.05) is 60.1 Å². The number of aliphatic hydroxyl groups is 1. The van der Waals surface area contributed by atoms with E-state index in [1.165, 1.54) is 82.6 Å². The predicted molar refractivity (Wildman–Crippen MR) is 187 cm³/mol. The third-order valence-corrected chi connectivity index (χ3v) is 18.1. The number of hydrogen-bond donors (Lipinski definition) is 1. The monoisotopic (exact) mass is 672 g/mol.